The minimum atomic E-state index is -0.333. The summed E-state index contributed by atoms with van der Waals surface area (Å²) in [6.45, 7) is 3.82. The monoisotopic (exact) mass is 334 g/mol. The number of anilines is 1. The predicted octanol–water partition coefficient (Wildman–Crippen LogP) is 3.79. The van der Waals surface area contributed by atoms with Gasteiger partial charge in [-0.3, -0.25) is 9.78 Å². The normalized spacial score (nSPS) is 10.3. The molecule has 0 aliphatic heterocycles. The van der Waals surface area contributed by atoms with Gasteiger partial charge >= 0.3 is 0 Å². The number of pyridine rings is 3. The summed E-state index contributed by atoms with van der Waals surface area (Å²) < 4.78 is 5.74. The van der Waals surface area contributed by atoms with Crippen LogP contribution in [0.2, 0.25) is 0 Å². The zero-order chi connectivity index (χ0) is 17.6. The number of hydrogen-bond donors (Lipinski definition) is 1. The maximum atomic E-state index is 12.5. The number of carbonyl (C=O) groups excluding carboxylic acids is 1. The molecule has 126 valence electrons. The zero-order valence-corrected chi connectivity index (χ0v) is 14.1. The van der Waals surface area contributed by atoms with Gasteiger partial charge in [-0.1, -0.05) is 13.0 Å². The van der Waals surface area contributed by atoms with Gasteiger partial charge in [-0.25, -0.2) is 9.97 Å². The van der Waals surface area contributed by atoms with E-state index >= 15 is 0 Å². The summed E-state index contributed by atoms with van der Waals surface area (Å²) in [4.78, 5) is 25.1. The summed E-state index contributed by atoms with van der Waals surface area (Å²) in [5, 5.41) is 2.77. The molecule has 0 fully saturated rings. The number of aromatic nitrogens is 3. The molecular weight excluding hydrogens is 316 g/mol. The number of nitrogens with one attached hydrogen (secondary N) is 1. The molecule has 3 rings (SSSR count). The lowest BCUT2D eigenvalue weighted by molar-refractivity contribution is 0.102. The summed E-state index contributed by atoms with van der Waals surface area (Å²) in [7, 11) is 0. The minimum absolute atomic E-state index is 0.266. The van der Waals surface area contributed by atoms with E-state index in [1.807, 2.05) is 26.0 Å². The average Bonchev–Trinajstić information content (AvgIpc) is 2.62. The molecule has 0 saturated carbocycles. The van der Waals surface area contributed by atoms with Crippen molar-refractivity contribution in [1.29, 1.82) is 0 Å². The van der Waals surface area contributed by atoms with E-state index in [2.05, 4.69) is 20.3 Å². The Morgan fingerprint density at radius 1 is 1.12 bits per heavy atom. The Morgan fingerprint density at radius 2 is 2.00 bits per heavy atom. The molecular formula is C19H18N4O2. The van der Waals surface area contributed by atoms with Gasteiger partial charge in [0.05, 0.1) is 6.20 Å². The van der Waals surface area contributed by atoms with Crippen LogP contribution in [0.3, 0.4) is 0 Å². The van der Waals surface area contributed by atoms with Crippen molar-refractivity contribution >= 4 is 11.7 Å². The van der Waals surface area contributed by atoms with E-state index in [0.29, 0.717) is 23.0 Å². The molecule has 0 atom stereocenters. The number of ether oxygens (including phenoxy) is 1. The summed E-state index contributed by atoms with van der Waals surface area (Å²) in [6.07, 6.45) is 4.08. The average molecular weight is 334 g/mol. The smallest absolute Gasteiger partial charge is 0.275 e. The highest BCUT2D eigenvalue weighted by molar-refractivity contribution is 6.02. The van der Waals surface area contributed by atoms with Crippen molar-refractivity contribution in [3.05, 3.63) is 71.9 Å². The van der Waals surface area contributed by atoms with Crippen LogP contribution in [0.5, 0.6) is 11.5 Å². The van der Waals surface area contributed by atoms with E-state index in [0.717, 1.165) is 12.1 Å². The molecule has 0 aromatic carbocycles. The Balaban J connectivity index is 1.80. The van der Waals surface area contributed by atoms with Gasteiger partial charge in [0.1, 0.15) is 23.0 Å². The fraction of sp³-hybridized carbons (Fsp3) is 0.158. The fourth-order valence-electron chi connectivity index (χ4n) is 2.28. The van der Waals surface area contributed by atoms with Crippen LogP contribution < -0.4 is 10.1 Å². The number of rotatable bonds is 5. The Hall–Kier alpha value is -3.28. The molecule has 1 amide bonds. The van der Waals surface area contributed by atoms with Crippen LogP contribution in [-0.4, -0.2) is 20.9 Å². The lowest BCUT2D eigenvalue weighted by atomic mass is 10.2. The maximum Gasteiger partial charge on any atom is 0.275 e. The van der Waals surface area contributed by atoms with Gasteiger partial charge in [-0.2, -0.15) is 0 Å². The second-order valence-electron chi connectivity index (χ2n) is 5.44. The molecule has 0 unspecified atom stereocenters. The van der Waals surface area contributed by atoms with Crippen LogP contribution in [-0.2, 0) is 6.42 Å². The van der Waals surface area contributed by atoms with Crippen LogP contribution in [0, 0.1) is 6.92 Å². The first-order valence-corrected chi connectivity index (χ1v) is 7.98. The number of carbonyl (C=O) groups is 1. The SMILES string of the molecule is CCc1cccc(NC(=O)c2cc(Oc3cccnc3)cc(C)n2)n1. The second kappa shape index (κ2) is 7.53. The molecule has 0 spiro atoms. The van der Waals surface area contributed by atoms with E-state index in [-0.39, 0.29) is 11.6 Å². The van der Waals surface area contributed by atoms with Crippen molar-refractivity contribution < 1.29 is 9.53 Å². The van der Waals surface area contributed by atoms with E-state index in [1.165, 1.54) is 0 Å². The number of hydrogen-bond acceptors (Lipinski definition) is 5. The van der Waals surface area contributed by atoms with Crippen LogP contribution >= 0.6 is 0 Å². The Kier molecular flexibility index (Phi) is 4.99. The lowest BCUT2D eigenvalue weighted by Crippen LogP contribution is -2.15. The van der Waals surface area contributed by atoms with Gasteiger partial charge in [0.2, 0.25) is 0 Å². The molecule has 25 heavy (non-hydrogen) atoms. The van der Waals surface area contributed by atoms with Crippen molar-refractivity contribution in [3.63, 3.8) is 0 Å². The fourth-order valence-corrected chi connectivity index (χ4v) is 2.28. The van der Waals surface area contributed by atoms with Gasteiger partial charge < -0.3 is 10.1 Å². The van der Waals surface area contributed by atoms with Crippen molar-refractivity contribution in [2.24, 2.45) is 0 Å². The summed E-state index contributed by atoms with van der Waals surface area (Å²) in [5.41, 5.74) is 1.86. The van der Waals surface area contributed by atoms with Gasteiger partial charge in [-0.15, -0.1) is 0 Å². The van der Waals surface area contributed by atoms with Gasteiger partial charge in [0, 0.05) is 29.7 Å². The molecule has 0 aliphatic carbocycles. The van der Waals surface area contributed by atoms with Crippen molar-refractivity contribution in [3.8, 4) is 11.5 Å². The molecule has 3 aromatic rings. The predicted molar refractivity (Wildman–Crippen MR) is 94.9 cm³/mol. The lowest BCUT2D eigenvalue weighted by Gasteiger charge is -2.09. The molecule has 6 nitrogen and oxygen atoms in total. The summed E-state index contributed by atoms with van der Waals surface area (Å²) >= 11 is 0. The first-order valence-electron chi connectivity index (χ1n) is 7.98. The standard InChI is InChI=1S/C19H18N4O2/c1-3-14-6-4-8-18(22-14)23-19(24)17-11-16(10-13(2)21-17)25-15-7-5-9-20-12-15/h4-12H,3H2,1-2H3,(H,22,23,24). The molecule has 3 aromatic heterocycles. The Morgan fingerprint density at radius 3 is 2.76 bits per heavy atom. The van der Waals surface area contributed by atoms with Crippen molar-refractivity contribution in [2.45, 2.75) is 20.3 Å². The van der Waals surface area contributed by atoms with E-state index in [1.54, 1.807) is 42.7 Å². The van der Waals surface area contributed by atoms with Crippen LogP contribution in [0.4, 0.5) is 5.82 Å². The topological polar surface area (TPSA) is 77.0 Å². The second-order valence-corrected chi connectivity index (χ2v) is 5.44. The first-order chi connectivity index (χ1) is 12.1. The molecule has 0 saturated heterocycles. The molecule has 0 aliphatic rings. The Bertz CT molecular complexity index is 882. The molecule has 0 bridgehead atoms. The van der Waals surface area contributed by atoms with Crippen LogP contribution in [0.1, 0.15) is 28.8 Å². The minimum Gasteiger partial charge on any atom is -0.456 e. The number of amides is 1. The Labute approximate surface area is 145 Å². The van der Waals surface area contributed by atoms with Gasteiger partial charge in [0.15, 0.2) is 0 Å². The third-order valence-electron chi connectivity index (χ3n) is 3.44. The van der Waals surface area contributed by atoms with Crippen LogP contribution in [0.25, 0.3) is 0 Å². The third-order valence-corrected chi connectivity index (χ3v) is 3.44. The number of nitrogens with zero attached hydrogens (tertiary/aromatic N) is 3. The summed E-state index contributed by atoms with van der Waals surface area (Å²) in [6, 6.07) is 12.5. The zero-order valence-electron chi connectivity index (χ0n) is 14.1. The largest absolute Gasteiger partial charge is 0.456 e. The highest BCUT2D eigenvalue weighted by atomic mass is 16.5. The van der Waals surface area contributed by atoms with E-state index in [9.17, 15) is 4.79 Å². The summed E-state index contributed by atoms with van der Waals surface area (Å²) in [5.74, 6) is 1.29. The van der Waals surface area contributed by atoms with E-state index in [4.69, 9.17) is 4.74 Å². The highest BCUT2D eigenvalue weighted by Crippen LogP contribution is 2.22. The molecule has 3 heterocycles. The van der Waals surface area contributed by atoms with Gasteiger partial charge in [-0.05, 0) is 37.6 Å². The van der Waals surface area contributed by atoms with E-state index < -0.39 is 0 Å². The van der Waals surface area contributed by atoms with Crippen molar-refractivity contribution in [2.75, 3.05) is 5.32 Å². The highest BCUT2D eigenvalue weighted by Gasteiger charge is 2.12. The van der Waals surface area contributed by atoms with Crippen molar-refractivity contribution in [1.82, 2.24) is 15.0 Å². The van der Waals surface area contributed by atoms with Crippen LogP contribution in [0.15, 0.2) is 54.9 Å². The maximum absolute atomic E-state index is 12.5. The number of aryl methyl sites for hydroxylation is 2. The third kappa shape index (κ3) is 4.38. The first kappa shape index (κ1) is 16.6. The molecule has 1 N–H and O–H groups in total. The molecule has 6 heteroatoms. The molecule has 0 radical (unpaired) electrons. The van der Waals surface area contributed by atoms with Gasteiger partial charge in [0.25, 0.3) is 5.91 Å². The quantitative estimate of drug-likeness (QED) is 0.768.